The highest BCUT2D eigenvalue weighted by molar-refractivity contribution is 7.89. The first-order valence-electron chi connectivity index (χ1n) is 9.88. The first kappa shape index (κ1) is 23.2. The molecule has 0 aliphatic heterocycles. The van der Waals surface area contributed by atoms with E-state index in [4.69, 9.17) is 9.47 Å². The molecule has 0 amide bonds. The summed E-state index contributed by atoms with van der Waals surface area (Å²) in [5.74, 6) is -0.385. The SMILES string of the molecule is CCOc1ccc(S(=O)(=O)N(Cc2ccc(C(=O)O)c(OC)c2)Cc2ccccn2)cc1. The predicted octanol–water partition coefficient (Wildman–Crippen LogP) is 3.58. The highest BCUT2D eigenvalue weighted by Crippen LogP contribution is 2.26. The number of rotatable bonds is 10. The van der Waals surface area contributed by atoms with Crippen LogP contribution in [0.3, 0.4) is 0 Å². The van der Waals surface area contributed by atoms with Gasteiger partial charge in [-0.1, -0.05) is 12.1 Å². The third-order valence-corrected chi connectivity index (χ3v) is 6.50. The van der Waals surface area contributed by atoms with Crippen LogP contribution in [-0.2, 0) is 23.1 Å². The molecule has 2 aromatic carbocycles. The molecule has 0 aliphatic rings. The van der Waals surface area contributed by atoms with Gasteiger partial charge in [-0.05, 0) is 61.0 Å². The maximum Gasteiger partial charge on any atom is 0.339 e. The van der Waals surface area contributed by atoms with E-state index in [9.17, 15) is 18.3 Å². The lowest BCUT2D eigenvalue weighted by molar-refractivity contribution is 0.0693. The Kier molecular flexibility index (Phi) is 7.45. The lowest BCUT2D eigenvalue weighted by atomic mass is 10.1. The van der Waals surface area contributed by atoms with Crippen LogP contribution in [-0.4, -0.2) is 42.5 Å². The molecule has 168 valence electrons. The van der Waals surface area contributed by atoms with Gasteiger partial charge in [-0.2, -0.15) is 4.31 Å². The Labute approximate surface area is 187 Å². The minimum absolute atomic E-state index is 0.00176. The number of pyridine rings is 1. The number of benzene rings is 2. The van der Waals surface area contributed by atoms with Crippen molar-refractivity contribution in [3.05, 3.63) is 83.7 Å². The van der Waals surface area contributed by atoms with Gasteiger partial charge in [0.2, 0.25) is 10.0 Å². The Morgan fingerprint density at radius 2 is 1.81 bits per heavy atom. The minimum atomic E-state index is -3.89. The smallest absolute Gasteiger partial charge is 0.339 e. The summed E-state index contributed by atoms with van der Waals surface area (Å²) in [4.78, 5) is 15.7. The Balaban J connectivity index is 1.97. The maximum atomic E-state index is 13.5. The third-order valence-electron chi connectivity index (χ3n) is 4.69. The van der Waals surface area contributed by atoms with E-state index >= 15 is 0 Å². The van der Waals surface area contributed by atoms with Gasteiger partial charge in [0.05, 0.1) is 30.9 Å². The molecule has 0 radical (unpaired) electrons. The summed E-state index contributed by atoms with van der Waals surface area (Å²) in [5, 5.41) is 9.30. The molecule has 0 atom stereocenters. The summed E-state index contributed by atoms with van der Waals surface area (Å²) >= 11 is 0. The van der Waals surface area contributed by atoms with Crippen molar-refractivity contribution in [1.29, 1.82) is 0 Å². The number of methoxy groups -OCH3 is 1. The molecule has 32 heavy (non-hydrogen) atoms. The van der Waals surface area contributed by atoms with E-state index < -0.39 is 16.0 Å². The molecule has 0 saturated carbocycles. The Hall–Kier alpha value is -3.43. The molecule has 0 aliphatic carbocycles. The van der Waals surface area contributed by atoms with Crippen molar-refractivity contribution in [3.8, 4) is 11.5 Å². The Morgan fingerprint density at radius 1 is 1.06 bits per heavy atom. The van der Waals surface area contributed by atoms with Gasteiger partial charge in [-0.3, -0.25) is 4.98 Å². The molecular weight excluding hydrogens is 432 g/mol. The first-order chi connectivity index (χ1) is 15.3. The van der Waals surface area contributed by atoms with Crippen LogP contribution in [0.25, 0.3) is 0 Å². The molecule has 0 spiro atoms. The largest absolute Gasteiger partial charge is 0.496 e. The summed E-state index contributed by atoms with van der Waals surface area (Å²) < 4.78 is 38.8. The van der Waals surface area contributed by atoms with Crippen LogP contribution in [0.2, 0.25) is 0 Å². The van der Waals surface area contributed by atoms with Gasteiger partial charge in [-0.25, -0.2) is 13.2 Å². The molecule has 0 fully saturated rings. The average molecular weight is 457 g/mol. The molecular formula is C23H24N2O6S. The summed E-state index contributed by atoms with van der Waals surface area (Å²) in [5.41, 5.74) is 1.16. The second-order valence-corrected chi connectivity index (χ2v) is 8.78. The van der Waals surface area contributed by atoms with Crippen molar-refractivity contribution in [2.45, 2.75) is 24.9 Å². The molecule has 0 saturated heterocycles. The van der Waals surface area contributed by atoms with Crippen LogP contribution in [0.5, 0.6) is 11.5 Å². The molecule has 1 heterocycles. The fourth-order valence-corrected chi connectivity index (χ4v) is 4.54. The van der Waals surface area contributed by atoms with Gasteiger partial charge in [0.1, 0.15) is 17.1 Å². The van der Waals surface area contributed by atoms with Crippen molar-refractivity contribution in [2.24, 2.45) is 0 Å². The molecule has 3 aromatic rings. The molecule has 9 heteroatoms. The predicted molar refractivity (Wildman–Crippen MR) is 118 cm³/mol. The minimum Gasteiger partial charge on any atom is -0.496 e. The van der Waals surface area contributed by atoms with Crippen LogP contribution < -0.4 is 9.47 Å². The third kappa shape index (κ3) is 5.43. The van der Waals surface area contributed by atoms with E-state index in [1.165, 1.54) is 35.7 Å². The van der Waals surface area contributed by atoms with E-state index in [0.717, 1.165) is 0 Å². The van der Waals surface area contributed by atoms with Crippen LogP contribution >= 0.6 is 0 Å². The fraction of sp³-hybridized carbons (Fsp3) is 0.217. The number of aromatic nitrogens is 1. The number of hydrogen-bond acceptors (Lipinski definition) is 6. The summed E-state index contributed by atoms with van der Waals surface area (Å²) in [6, 6.07) is 16.0. The molecule has 8 nitrogen and oxygen atoms in total. The number of nitrogens with zero attached hydrogens (tertiary/aromatic N) is 2. The quantitative estimate of drug-likeness (QED) is 0.497. The second kappa shape index (κ2) is 10.3. The topological polar surface area (TPSA) is 106 Å². The van der Waals surface area contributed by atoms with Crippen LogP contribution in [0, 0.1) is 0 Å². The molecule has 1 N–H and O–H groups in total. The zero-order valence-electron chi connectivity index (χ0n) is 17.8. The van der Waals surface area contributed by atoms with Crippen molar-refractivity contribution in [1.82, 2.24) is 9.29 Å². The fourth-order valence-electron chi connectivity index (χ4n) is 3.14. The number of carboxylic acid groups (broad SMARTS) is 1. The van der Waals surface area contributed by atoms with Gasteiger partial charge in [0, 0.05) is 12.7 Å². The summed E-state index contributed by atoms with van der Waals surface area (Å²) in [7, 11) is -2.53. The van der Waals surface area contributed by atoms with E-state index in [2.05, 4.69) is 4.98 Å². The number of sulfonamides is 1. The van der Waals surface area contributed by atoms with Crippen molar-refractivity contribution >= 4 is 16.0 Å². The zero-order valence-corrected chi connectivity index (χ0v) is 18.6. The van der Waals surface area contributed by atoms with Gasteiger partial charge in [-0.15, -0.1) is 0 Å². The van der Waals surface area contributed by atoms with Crippen LogP contribution in [0.4, 0.5) is 0 Å². The van der Waals surface area contributed by atoms with Crippen molar-refractivity contribution in [2.75, 3.05) is 13.7 Å². The second-order valence-electron chi connectivity index (χ2n) is 6.84. The average Bonchev–Trinajstić information content (AvgIpc) is 2.79. The van der Waals surface area contributed by atoms with Crippen LogP contribution in [0.1, 0.15) is 28.5 Å². The summed E-state index contributed by atoms with van der Waals surface area (Å²) in [6.07, 6.45) is 1.60. The van der Waals surface area contributed by atoms with E-state index in [1.54, 1.807) is 42.6 Å². The lowest BCUT2D eigenvalue weighted by Crippen LogP contribution is -2.30. The first-order valence-corrected chi connectivity index (χ1v) is 11.3. The lowest BCUT2D eigenvalue weighted by Gasteiger charge is -2.23. The molecule has 1 aromatic heterocycles. The van der Waals surface area contributed by atoms with E-state index in [-0.39, 0.29) is 29.3 Å². The standard InChI is InChI=1S/C23H24N2O6S/c1-3-31-19-8-10-20(11-9-19)32(28,29)25(16-18-6-4-5-13-24-18)15-17-7-12-21(23(26)27)22(14-17)30-2/h4-14H,3,15-16H2,1-2H3,(H,26,27). The van der Waals surface area contributed by atoms with Gasteiger partial charge in [0.25, 0.3) is 0 Å². The highest BCUT2D eigenvalue weighted by Gasteiger charge is 2.26. The van der Waals surface area contributed by atoms with Gasteiger partial charge >= 0.3 is 5.97 Å². The number of aromatic carboxylic acids is 1. The maximum absolute atomic E-state index is 13.5. The van der Waals surface area contributed by atoms with Gasteiger partial charge < -0.3 is 14.6 Å². The monoisotopic (exact) mass is 456 g/mol. The normalized spacial score (nSPS) is 11.3. The Bertz CT molecular complexity index is 1160. The van der Waals surface area contributed by atoms with E-state index in [0.29, 0.717) is 23.6 Å². The number of hydrogen-bond donors (Lipinski definition) is 1. The van der Waals surface area contributed by atoms with E-state index in [1.807, 2.05) is 6.92 Å². The number of carboxylic acids is 1. The number of ether oxygens (including phenoxy) is 2. The molecule has 0 bridgehead atoms. The highest BCUT2D eigenvalue weighted by atomic mass is 32.2. The Morgan fingerprint density at radius 3 is 2.41 bits per heavy atom. The molecule has 3 rings (SSSR count). The van der Waals surface area contributed by atoms with Crippen molar-refractivity contribution < 1.29 is 27.8 Å². The van der Waals surface area contributed by atoms with Crippen LogP contribution in [0.15, 0.2) is 71.8 Å². The summed E-state index contributed by atoms with van der Waals surface area (Å²) in [6.45, 7) is 2.37. The molecule has 0 unspecified atom stereocenters. The number of carbonyl (C=O) groups is 1. The van der Waals surface area contributed by atoms with Crippen molar-refractivity contribution in [3.63, 3.8) is 0 Å². The van der Waals surface area contributed by atoms with Gasteiger partial charge in [0.15, 0.2) is 0 Å². The zero-order chi connectivity index (χ0) is 23.1.